The number of halogens is 3. The van der Waals surface area contributed by atoms with Crippen LogP contribution in [0, 0.1) is 0 Å². The van der Waals surface area contributed by atoms with Gasteiger partial charge in [-0.25, -0.2) is 17.7 Å². The summed E-state index contributed by atoms with van der Waals surface area (Å²) >= 11 is 0. The van der Waals surface area contributed by atoms with Gasteiger partial charge >= 0.3 is 6.18 Å². The number of carbonyl (C=O) groups excluding carboxylic acids is 1. The number of rotatable bonds is 5. The summed E-state index contributed by atoms with van der Waals surface area (Å²) < 4.78 is 73.2. The number of pyridine rings is 1. The van der Waals surface area contributed by atoms with E-state index in [9.17, 15) is 31.5 Å². The molecule has 1 N–H and O–H groups in total. The molecule has 33 heavy (non-hydrogen) atoms. The van der Waals surface area contributed by atoms with E-state index in [1.165, 1.54) is 12.3 Å². The van der Waals surface area contributed by atoms with Gasteiger partial charge in [0, 0.05) is 24.3 Å². The summed E-state index contributed by atoms with van der Waals surface area (Å²) in [5.74, 6) is -0.00936. The molecule has 4 rings (SSSR count). The van der Waals surface area contributed by atoms with Gasteiger partial charge in [-0.05, 0) is 43.2 Å². The van der Waals surface area contributed by atoms with Crippen molar-refractivity contribution in [2.75, 3.05) is 24.1 Å². The van der Waals surface area contributed by atoms with E-state index >= 15 is 0 Å². The second-order valence-electron chi connectivity index (χ2n) is 7.90. The molecule has 12 heteroatoms. The molecule has 2 atom stereocenters. The highest BCUT2D eigenvalue weighted by molar-refractivity contribution is 7.92. The molecular formula is C21H22F3N3O5S. The van der Waals surface area contributed by atoms with Crippen molar-refractivity contribution < 1.29 is 36.2 Å². The monoisotopic (exact) mass is 485 g/mol. The zero-order valence-corrected chi connectivity index (χ0v) is 18.2. The molecule has 0 spiro atoms. The van der Waals surface area contributed by atoms with E-state index in [0.29, 0.717) is 31.4 Å². The maximum atomic E-state index is 13.7. The molecule has 2 aromatic rings. The number of benzene rings is 1. The van der Waals surface area contributed by atoms with Gasteiger partial charge in [0.25, 0.3) is 10.0 Å². The molecule has 3 heterocycles. The smallest absolute Gasteiger partial charge is 0.416 e. The molecule has 1 aromatic heterocycles. The number of hydrogen-bond donors (Lipinski definition) is 1. The maximum absolute atomic E-state index is 13.7. The summed E-state index contributed by atoms with van der Waals surface area (Å²) in [4.78, 5) is 16.8. The van der Waals surface area contributed by atoms with E-state index in [-0.39, 0.29) is 41.3 Å². The topological polar surface area (TPSA) is 100 Å². The molecule has 0 bridgehead atoms. The number of ether oxygens (including phenoxy) is 1. The van der Waals surface area contributed by atoms with Gasteiger partial charge in [-0.2, -0.15) is 13.2 Å². The average Bonchev–Trinajstić information content (AvgIpc) is 2.82. The second kappa shape index (κ2) is 8.92. The Morgan fingerprint density at radius 2 is 1.94 bits per heavy atom. The quantitative estimate of drug-likeness (QED) is 0.650. The molecule has 1 aromatic carbocycles. The molecule has 0 aliphatic carbocycles. The number of aliphatic hydroxyl groups excluding tert-OH is 1. The fraction of sp³-hybridized carbons (Fsp3) is 0.429. The van der Waals surface area contributed by atoms with Crippen molar-refractivity contribution in [1.82, 2.24) is 9.88 Å². The predicted molar refractivity (Wildman–Crippen MR) is 111 cm³/mol. The van der Waals surface area contributed by atoms with Crippen LogP contribution in [0.25, 0.3) is 0 Å². The number of piperidine rings is 1. The van der Waals surface area contributed by atoms with Gasteiger partial charge in [-0.1, -0.05) is 6.42 Å². The number of anilines is 1. The van der Waals surface area contributed by atoms with E-state index in [2.05, 4.69) is 4.98 Å². The van der Waals surface area contributed by atoms with Crippen molar-refractivity contribution in [3.05, 3.63) is 47.7 Å². The van der Waals surface area contributed by atoms with Gasteiger partial charge in [0.15, 0.2) is 6.29 Å². The lowest BCUT2D eigenvalue weighted by molar-refractivity contribution is -0.137. The fourth-order valence-electron chi connectivity index (χ4n) is 4.23. The van der Waals surface area contributed by atoms with Gasteiger partial charge in [-0.15, -0.1) is 0 Å². The normalized spacial score (nSPS) is 21.9. The first-order chi connectivity index (χ1) is 15.7. The highest BCUT2D eigenvalue weighted by Crippen LogP contribution is 2.39. The van der Waals surface area contributed by atoms with Crippen molar-refractivity contribution in [3.8, 4) is 5.88 Å². The van der Waals surface area contributed by atoms with Crippen molar-refractivity contribution in [2.24, 2.45) is 0 Å². The van der Waals surface area contributed by atoms with Gasteiger partial charge < -0.3 is 9.84 Å². The Kier molecular flexibility index (Phi) is 6.34. The highest BCUT2D eigenvalue weighted by atomic mass is 32.2. The third kappa shape index (κ3) is 4.42. The van der Waals surface area contributed by atoms with Crippen LogP contribution < -0.4 is 9.04 Å². The first kappa shape index (κ1) is 23.5. The standard InChI is InChI=1S/C21H22F3N3O5S/c22-21(23,24)15-4-6-17(7-5-15)33(30,31)27-18-9-14(11-28)10-25-20(18)32-13-19(27)26-8-2-1-3-16(26)12-29/h4-7,9-11,16,19,29H,1-3,8,12-13H2. The van der Waals surface area contributed by atoms with E-state index in [1.54, 1.807) is 0 Å². The molecular weight excluding hydrogens is 463 g/mol. The van der Waals surface area contributed by atoms with Crippen molar-refractivity contribution in [2.45, 2.75) is 42.5 Å². The van der Waals surface area contributed by atoms with Gasteiger partial charge in [0.1, 0.15) is 18.5 Å². The maximum Gasteiger partial charge on any atom is 0.416 e. The van der Waals surface area contributed by atoms with Crippen molar-refractivity contribution in [3.63, 3.8) is 0 Å². The lowest BCUT2D eigenvalue weighted by Crippen LogP contribution is -2.61. The molecule has 0 radical (unpaired) electrons. The van der Waals surface area contributed by atoms with E-state index < -0.39 is 27.9 Å². The number of aromatic nitrogens is 1. The number of carbonyl (C=O) groups is 1. The Labute approximate surface area is 188 Å². The number of nitrogens with zero attached hydrogens (tertiary/aromatic N) is 3. The minimum Gasteiger partial charge on any atom is -0.472 e. The lowest BCUT2D eigenvalue weighted by Gasteiger charge is -2.46. The third-order valence-electron chi connectivity index (χ3n) is 5.87. The Balaban J connectivity index is 1.83. The van der Waals surface area contributed by atoms with Crippen LogP contribution in [0.15, 0.2) is 41.4 Å². The molecule has 1 fully saturated rings. The highest BCUT2D eigenvalue weighted by Gasteiger charge is 2.44. The first-order valence-corrected chi connectivity index (χ1v) is 11.8. The van der Waals surface area contributed by atoms with Crippen molar-refractivity contribution in [1.29, 1.82) is 0 Å². The molecule has 0 saturated carbocycles. The number of fused-ring (bicyclic) bond motifs is 1. The number of aliphatic hydroxyl groups is 1. The number of hydrogen-bond acceptors (Lipinski definition) is 7. The van der Waals surface area contributed by atoms with Crippen LogP contribution in [0.5, 0.6) is 5.88 Å². The third-order valence-corrected chi connectivity index (χ3v) is 7.70. The summed E-state index contributed by atoms with van der Waals surface area (Å²) in [5, 5.41) is 9.87. The Bertz CT molecular complexity index is 1120. The first-order valence-electron chi connectivity index (χ1n) is 10.3. The summed E-state index contributed by atoms with van der Waals surface area (Å²) in [6, 6.07) is 4.23. The largest absolute Gasteiger partial charge is 0.472 e. The second-order valence-corrected chi connectivity index (χ2v) is 9.71. The van der Waals surface area contributed by atoms with Crippen molar-refractivity contribution >= 4 is 22.0 Å². The molecule has 0 amide bonds. The van der Waals surface area contributed by atoms with Crippen LogP contribution in [-0.2, 0) is 16.2 Å². The average molecular weight is 485 g/mol. The minimum absolute atomic E-state index is 0.00936. The number of alkyl halides is 3. The number of aldehydes is 1. The predicted octanol–water partition coefficient (Wildman–Crippen LogP) is 2.67. The fourth-order valence-corrected chi connectivity index (χ4v) is 5.83. The minimum atomic E-state index is -4.61. The molecule has 2 aliphatic rings. The van der Waals surface area contributed by atoms with Crippen LogP contribution in [0.4, 0.5) is 18.9 Å². The summed E-state index contributed by atoms with van der Waals surface area (Å²) in [7, 11) is -4.39. The van der Waals surface area contributed by atoms with E-state index in [0.717, 1.165) is 29.3 Å². The zero-order chi connectivity index (χ0) is 23.8. The molecule has 2 unspecified atom stereocenters. The van der Waals surface area contributed by atoms with Gasteiger partial charge in [0.2, 0.25) is 5.88 Å². The SMILES string of the molecule is O=Cc1cnc2c(c1)N(S(=O)(=O)c1ccc(C(F)(F)F)cc1)C(N1CCCCC1CO)CO2. The van der Waals surface area contributed by atoms with Gasteiger partial charge in [0.05, 0.1) is 17.1 Å². The summed E-state index contributed by atoms with van der Waals surface area (Å²) in [6.07, 6.45) is -1.44. The zero-order valence-electron chi connectivity index (χ0n) is 17.4. The van der Waals surface area contributed by atoms with Gasteiger partial charge in [-0.3, -0.25) is 9.69 Å². The Hall–Kier alpha value is -2.70. The summed E-state index contributed by atoms with van der Waals surface area (Å²) in [5.41, 5.74) is -0.845. The molecule has 178 valence electrons. The molecule has 1 saturated heterocycles. The number of sulfonamides is 1. The van der Waals surface area contributed by atoms with E-state index in [4.69, 9.17) is 4.74 Å². The molecule has 2 aliphatic heterocycles. The Morgan fingerprint density at radius 1 is 1.21 bits per heavy atom. The lowest BCUT2D eigenvalue weighted by atomic mass is 10.0. The summed E-state index contributed by atoms with van der Waals surface area (Å²) in [6.45, 7) is 0.204. The van der Waals surface area contributed by atoms with Crippen LogP contribution in [0.3, 0.4) is 0 Å². The van der Waals surface area contributed by atoms with Crippen LogP contribution in [-0.4, -0.2) is 61.7 Å². The van der Waals surface area contributed by atoms with Crippen LogP contribution in [0.2, 0.25) is 0 Å². The molecule has 8 nitrogen and oxygen atoms in total. The van der Waals surface area contributed by atoms with Crippen LogP contribution in [0.1, 0.15) is 35.2 Å². The van der Waals surface area contributed by atoms with Crippen LogP contribution >= 0.6 is 0 Å². The van der Waals surface area contributed by atoms with E-state index in [1.807, 2.05) is 4.90 Å². The Morgan fingerprint density at radius 3 is 2.58 bits per heavy atom. The number of likely N-dealkylation sites (tertiary alicyclic amines) is 1.